The summed E-state index contributed by atoms with van der Waals surface area (Å²) < 4.78 is 6.02. The van der Waals surface area contributed by atoms with Crippen molar-refractivity contribution in [1.82, 2.24) is 0 Å². The molecule has 0 amide bonds. The highest BCUT2D eigenvalue weighted by Crippen LogP contribution is 2.20. The van der Waals surface area contributed by atoms with Gasteiger partial charge in [0.05, 0.1) is 6.10 Å². The topological polar surface area (TPSA) is 26.3 Å². The minimum Gasteiger partial charge on any atom is -0.414 e. The van der Waals surface area contributed by atoms with Gasteiger partial charge in [-0.3, -0.25) is 4.79 Å². The lowest BCUT2D eigenvalue weighted by atomic mass is 10.1. The molecule has 0 rings (SSSR count). The Bertz CT molecular complexity index is 199. The van der Waals surface area contributed by atoms with Gasteiger partial charge in [0.25, 0.3) is 0 Å². The van der Waals surface area contributed by atoms with Crippen LogP contribution >= 0.6 is 11.8 Å². The van der Waals surface area contributed by atoms with E-state index < -0.39 is 8.32 Å². The number of carbonyl (C=O) groups excluding carboxylic acids is 1. The second-order valence-corrected chi connectivity index (χ2v) is 10.8. The van der Waals surface area contributed by atoms with Crippen molar-refractivity contribution in [3.8, 4) is 0 Å². The Kier molecular flexibility index (Phi) is 6.80. The van der Waals surface area contributed by atoms with E-state index >= 15 is 0 Å². The third-order valence-electron chi connectivity index (χ3n) is 1.92. The number of hydrogen-bond donors (Lipinski definition) is 0. The molecule has 0 aliphatic heterocycles. The molecule has 4 heteroatoms. The quantitative estimate of drug-likeness (QED) is 0.673. The average Bonchev–Trinajstić information content (AvgIpc) is 2.00. The van der Waals surface area contributed by atoms with E-state index in [2.05, 4.69) is 33.5 Å². The summed E-state index contributed by atoms with van der Waals surface area (Å²) in [5.74, 6) is 1.27. The van der Waals surface area contributed by atoms with E-state index in [1.807, 2.05) is 6.92 Å². The first kappa shape index (κ1) is 15.2. The van der Waals surface area contributed by atoms with Gasteiger partial charge in [0.1, 0.15) is 0 Å². The normalized spacial score (nSPS) is 14.3. The Morgan fingerprint density at radius 3 is 2.20 bits per heavy atom. The minimum atomic E-state index is -1.53. The van der Waals surface area contributed by atoms with Crippen molar-refractivity contribution in [2.45, 2.75) is 52.9 Å². The summed E-state index contributed by atoms with van der Waals surface area (Å²) in [7, 11) is -1.53. The first-order valence-electron chi connectivity index (χ1n) is 5.59. The Labute approximate surface area is 99.3 Å². The maximum Gasteiger partial charge on any atom is 0.191 e. The van der Waals surface area contributed by atoms with Crippen molar-refractivity contribution < 1.29 is 9.22 Å². The lowest BCUT2D eigenvalue weighted by Gasteiger charge is -2.28. The van der Waals surface area contributed by atoms with Crippen LogP contribution in [-0.2, 0) is 9.22 Å². The van der Waals surface area contributed by atoms with Gasteiger partial charge in [0.2, 0.25) is 0 Å². The van der Waals surface area contributed by atoms with Crippen LogP contribution in [0.1, 0.15) is 27.2 Å². The third kappa shape index (κ3) is 8.05. The van der Waals surface area contributed by atoms with Crippen molar-refractivity contribution in [2.24, 2.45) is 5.92 Å². The molecule has 0 aromatic rings. The highest BCUT2D eigenvalue weighted by atomic mass is 32.2. The number of carbonyl (C=O) groups is 1. The van der Waals surface area contributed by atoms with E-state index in [4.69, 9.17) is 4.43 Å². The van der Waals surface area contributed by atoms with Crippen molar-refractivity contribution >= 4 is 25.2 Å². The molecule has 90 valence electrons. The van der Waals surface area contributed by atoms with Gasteiger partial charge in [-0.15, -0.1) is 0 Å². The molecule has 0 saturated heterocycles. The molecule has 0 aromatic heterocycles. The Morgan fingerprint density at radius 1 is 1.33 bits per heavy atom. The summed E-state index contributed by atoms with van der Waals surface area (Å²) in [5.41, 5.74) is 0. The Morgan fingerprint density at radius 2 is 1.87 bits per heavy atom. The molecule has 1 atom stereocenters. The molecule has 0 saturated carbocycles. The predicted octanol–water partition coefficient (Wildman–Crippen LogP) is 3.53. The van der Waals surface area contributed by atoms with Gasteiger partial charge >= 0.3 is 0 Å². The van der Waals surface area contributed by atoms with Crippen LogP contribution in [0.4, 0.5) is 0 Å². The smallest absolute Gasteiger partial charge is 0.191 e. The summed E-state index contributed by atoms with van der Waals surface area (Å²) in [6.45, 7) is 12.7. The van der Waals surface area contributed by atoms with Crippen LogP contribution < -0.4 is 0 Å². The summed E-state index contributed by atoms with van der Waals surface area (Å²) in [6.07, 6.45) is 0.656. The van der Waals surface area contributed by atoms with E-state index in [-0.39, 0.29) is 11.2 Å². The van der Waals surface area contributed by atoms with Crippen LogP contribution in [0, 0.1) is 5.92 Å². The van der Waals surface area contributed by atoms with Gasteiger partial charge in [0.15, 0.2) is 13.4 Å². The van der Waals surface area contributed by atoms with Gasteiger partial charge in [-0.25, -0.2) is 0 Å². The molecule has 0 aromatic carbocycles. The number of thioether (sulfide) groups is 1. The van der Waals surface area contributed by atoms with Gasteiger partial charge in [-0.1, -0.05) is 32.5 Å². The largest absolute Gasteiger partial charge is 0.414 e. The standard InChI is InChI=1S/C11H24O2SSi/c1-7-14-11(12)8-10(9(2)3)13-15(4,5)6/h9-10H,7-8H2,1-6H3/t10-/m1/s1. The second kappa shape index (κ2) is 6.71. The third-order valence-corrected chi connectivity index (χ3v) is 3.71. The molecule has 2 nitrogen and oxygen atoms in total. The SMILES string of the molecule is CCSC(=O)C[C@@H](O[Si](C)(C)C)C(C)C. The van der Waals surface area contributed by atoms with Crippen LogP contribution in [0.5, 0.6) is 0 Å². The molecule has 0 N–H and O–H groups in total. The molecule has 0 aliphatic carbocycles. The van der Waals surface area contributed by atoms with Crippen LogP contribution in [0.25, 0.3) is 0 Å². The van der Waals surface area contributed by atoms with Crippen molar-refractivity contribution in [2.75, 3.05) is 5.75 Å². The van der Waals surface area contributed by atoms with Crippen LogP contribution in [0.15, 0.2) is 0 Å². The summed E-state index contributed by atoms with van der Waals surface area (Å²) in [5, 5.41) is 0.259. The molecular weight excluding hydrogens is 224 g/mol. The van der Waals surface area contributed by atoms with E-state index in [0.29, 0.717) is 12.3 Å². The van der Waals surface area contributed by atoms with E-state index in [1.165, 1.54) is 11.8 Å². The monoisotopic (exact) mass is 248 g/mol. The molecule has 0 fully saturated rings. The summed E-state index contributed by atoms with van der Waals surface area (Å²) in [6, 6.07) is 0. The van der Waals surface area contributed by atoms with E-state index in [9.17, 15) is 4.79 Å². The Hall–Kier alpha value is 0.197. The first-order valence-corrected chi connectivity index (χ1v) is 9.99. The van der Waals surface area contributed by atoms with E-state index in [0.717, 1.165) is 5.75 Å². The van der Waals surface area contributed by atoms with Crippen molar-refractivity contribution in [3.05, 3.63) is 0 Å². The fraction of sp³-hybridized carbons (Fsp3) is 0.909. The van der Waals surface area contributed by atoms with Gasteiger partial charge < -0.3 is 4.43 Å². The van der Waals surface area contributed by atoms with Crippen molar-refractivity contribution in [1.29, 1.82) is 0 Å². The highest BCUT2D eigenvalue weighted by Gasteiger charge is 2.25. The van der Waals surface area contributed by atoms with Crippen LogP contribution in [-0.4, -0.2) is 25.3 Å². The fourth-order valence-electron chi connectivity index (χ4n) is 1.25. The Balaban J connectivity index is 4.23. The summed E-state index contributed by atoms with van der Waals surface area (Å²) >= 11 is 1.40. The van der Waals surface area contributed by atoms with Crippen LogP contribution in [0.2, 0.25) is 19.6 Å². The zero-order chi connectivity index (χ0) is 12.1. The number of hydrogen-bond acceptors (Lipinski definition) is 3. The van der Waals surface area contributed by atoms with E-state index in [1.54, 1.807) is 0 Å². The molecule has 15 heavy (non-hydrogen) atoms. The fourth-order valence-corrected chi connectivity index (χ4v) is 3.12. The molecule has 0 heterocycles. The lowest BCUT2D eigenvalue weighted by Crippen LogP contribution is -2.35. The lowest BCUT2D eigenvalue weighted by molar-refractivity contribution is -0.112. The molecular formula is C11H24O2SSi. The number of rotatable bonds is 6. The molecule has 0 radical (unpaired) electrons. The zero-order valence-corrected chi connectivity index (χ0v) is 12.6. The van der Waals surface area contributed by atoms with Gasteiger partial charge in [-0.05, 0) is 31.3 Å². The predicted molar refractivity (Wildman–Crippen MR) is 70.8 cm³/mol. The maximum absolute atomic E-state index is 11.5. The molecule has 0 spiro atoms. The maximum atomic E-state index is 11.5. The van der Waals surface area contributed by atoms with Crippen molar-refractivity contribution in [3.63, 3.8) is 0 Å². The zero-order valence-electron chi connectivity index (χ0n) is 10.8. The average molecular weight is 248 g/mol. The minimum absolute atomic E-state index is 0.100. The molecule has 0 aliphatic rings. The second-order valence-electron chi connectivity index (χ2n) is 5.02. The highest BCUT2D eigenvalue weighted by molar-refractivity contribution is 8.13. The molecule has 0 bridgehead atoms. The summed E-state index contributed by atoms with van der Waals surface area (Å²) in [4.78, 5) is 11.5. The first-order chi connectivity index (χ1) is 6.76. The van der Waals surface area contributed by atoms with Crippen LogP contribution in [0.3, 0.4) is 0 Å². The van der Waals surface area contributed by atoms with Gasteiger partial charge in [-0.2, -0.15) is 0 Å². The molecule has 0 unspecified atom stereocenters. The van der Waals surface area contributed by atoms with Gasteiger partial charge in [0, 0.05) is 6.42 Å².